The first kappa shape index (κ1) is 18.7. The molecule has 2 aromatic carbocycles. The van der Waals surface area contributed by atoms with Crippen LogP contribution in [-0.2, 0) is 27.4 Å². The monoisotopic (exact) mass is 410 g/mol. The summed E-state index contributed by atoms with van der Waals surface area (Å²) in [7, 11) is 0. The van der Waals surface area contributed by atoms with Gasteiger partial charge >= 0.3 is 0 Å². The molecular formula is C28H26O3. The fraction of sp³-hybridized carbons (Fsp3) is 0.286. The van der Waals surface area contributed by atoms with Crippen LogP contribution < -0.4 is 0 Å². The van der Waals surface area contributed by atoms with Gasteiger partial charge < -0.3 is 14.2 Å². The number of fused-ring (bicyclic) bond motifs is 3. The third-order valence-electron chi connectivity index (χ3n) is 6.67. The van der Waals surface area contributed by atoms with Crippen LogP contribution in [0.2, 0.25) is 0 Å². The van der Waals surface area contributed by atoms with Crippen LogP contribution in [0.25, 0.3) is 0 Å². The van der Waals surface area contributed by atoms with E-state index < -0.39 is 0 Å². The van der Waals surface area contributed by atoms with Crippen molar-refractivity contribution >= 4 is 0 Å². The maximum absolute atomic E-state index is 6.54. The highest BCUT2D eigenvalue weighted by molar-refractivity contribution is 5.49. The molecule has 1 aliphatic heterocycles. The first-order valence-corrected chi connectivity index (χ1v) is 11.2. The highest BCUT2D eigenvalue weighted by atomic mass is 16.6. The maximum Gasteiger partial charge on any atom is 0.113 e. The van der Waals surface area contributed by atoms with Crippen LogP contribution in [0.1, 0.15) is 24.0 Å². The average molecular weight is 411 g/mol. The van der Waals surface area contributed by atoms with E-state index in [2.05, 4.69) is 72.8 Å². The van der Waals surface area contributed by atoms with Gasteiger partial charge in [-0.15, -0.1) is 0 Å². The molecule has 4 atom stereocenters. The van der Waals surface area contributed by atoms with Crippen LogP contribution in [-0.4, -0.2) is 12.2 Å². The second-order valence-corrected chi connectivity index (χ2v) is 8.68. The zero-order chi connectivity index (χ0) is 20.6. The molecule has 0 aromatic heterocycles. The Bertz CT molecular complexity index is 990. The van der Waals surface area contributed by atoms with E-state index >= 15 is 0 Å². The summed E-state index contributed by atoms with van der Waals surface area (Å²) in [6, 6.07) is 20.8. The van der Waals surface area contributed by atoms with Gasteiger partial charge in [0, 0.05) is 24.7 Å². The summed E-state index contributed by atoms with van der Waals surface area (Å²) in [5, 5.41) is 0. The van der Waals surface area contributed by atoms with E-state index in [-0.39, 0.29) is 11.8 Å². The summed E-state index contributed by atoms with van der Waals surface area (Å²) in [4.78, 5) is 0. The highest BCUT2D eigenvalue weighted by Crippen LogP contribution is 2.52. The van der Waals surface area contributed by atoms with Crippen LogP contribution in [0, 0.1) is 11.8 Å². The summed E-state index contributed by atoms with van der Waals surface area (Å²) in [6.07, 6.45) is 11.3. The normalized spacial score (nSPS) is 28.0. The van der Waals surface area contributed by atoms with Crippen LogP contribution >= 0.6 is 0 Å². The number of rotatable bonds is 6. The van der Waals surface area contributed by atoms with Gasteiger partial charge in [-0.1, -0.05) is 85.0 Å². The van der Waals surface area contributed by atoms with Crippen molar-refractivity contribution in [3.63, 3.8) is 0 Å². The quantitative estimate of drug-likeness (QED) is 0.559. The Labute approximate surface area is 183 Å². The molecule has 3 nitrogen and oxygen atoms in total. The molecular weight excluding hydrogens is 384 g/mol. The van der Waals surface area contributed by atoms with E-state index in [0.29, 0.717) is 25.4 Å². The van der Waals surface area contributed by atoms with E-state index in [9.17, 15) is 0 Å². The molecule has 3 heteroatoms. The molecule has 0 bridgehead atoms. The third kappa shape index (κ3) is 3.64. The van der Waals surface area contributed by atoms with Gasteiger partial charge in [0.15, 0.2) is 0 Å². The lowest BCUT2D eigenvalue weighted by molar-refractivity contribution is 0.121. The van der Waals surface area contributed by atoms with Crippen LogP contribution in [0.5, 0.6) is 0 Å². The Morgan fingerprint density at radius 2 is 1.10 bits per heavy atom. The second kappa shape index (κ2) is 7.90. The molecule has 3 aliphatic carbocycles. The van der Waals surface area contributed by atoms with E-state index in [4.69, 9.17) is 14.2 Å². The van der Waals surface area contributed by atoms with Gasteiger partial charge in [-0.3, -0.25) is 0 Å². The molecule has 31 heavy (non-hydrogen) atoms. The van der Waals surface area contributed by atoms with Gasteiger partial charge in [-0.25, -0.2) is 0 Å². The minimum Gasteiger partial charge on any atom is -0.492 e. The average Bonchev–Trinajstić information content (AvgIpc) is 3.60. The Balaban J connectivity index is 1.36. The maximum atomic E-state index is 6.54. The summed E-state index contributed by atoms with van der Waals surface area (Å²) in [5.41, 5.74) is 4.99. The molecule has 1 heterocycles. The Morgan fingerprint density at radius 3 is 1.55 bits per heavy atom. The molecule has 0 spiro atoms. The summed E-state index contributed by atoms with van der Waals surface area (Å²) >= 11 is 0. The minimum absolute atomic E-state index is 0.175. The van der Waals surface area contributed by atoms with Crippen molar-refractivity contribution in [2.45, 2.75) is 38.3 Å². The zero-order valence-corrected chi connectivity index (χ0v) is 17.4. The second-order valence-electron chi connectivity index (χ2n) is 8.68. The number of benzene rings is 2. The minimum atomic E-state index is 0.175. The molecule has 0 radical (unpaired) electrons. The largest absolute Gasteiger partial charge is 0.492 e. The van der Waals surface area contributed by atoms with E-state index in [1.165, 1.54) is 22.3 Å². The van der Waals surface area contributed by atoms with Crippen LogP contribution in [0.3, 0.4) is 0 Å². The van der Waals surface area contributed by atoms with Crippen LogP contribution in [0.4, 0.5) is 0 Å². The Morgan fingerprint density at radius 1 is 0.645 bits per heavy atom. The van der Waals surface area contributed by atoms with Crippen molar-refractivity contribution in [2.24, 2.45) is 11.8 Å². The highest BCUT2D eigenvalue weighted by Gasteiger charge is 2.50. The molecule has 4 unspecified atom stereocenters. The van der Waals surface area contributed by atoms with Gasteiger partial charge in [0.05, 0.1) is 12.2 Å². The lowest BCUT2D eigenvalue weighted by Gasteiger charge is -2.37. The fourth-order valence-corrected chi connectivity index (χ4v) is 5.03. The van der Waals surface area contributed by atoms with Gasteiger partial charge in [-0.05, 0) is 22.3 Å². The Kier molecular flexibility index (Phi) is 4.77. The summed E-state index contributed by atoms with van der Waals surface area (Å²) in [5.74, 6) is 2.55. The van der Waals surface area contributed by atoms with Crippen molar-refractivity contribution in [1.82, 2.24) is 0 Å². The molecule has 1 saturated heterocycles. The van der Waals surface area contributed by atoms with E-state index in [0.717, 1.165) is 24.4 Å². The molecule has 0 amide bonds. The van der Waals surface area contributed by atoms with Gasteiger partial charge in [0.1, 0.15) is 24.7 Å². The molecule has 2 aromatic rings. The van der Waals surface area contributed by atoms with Crippen LogP contribution in [0.15, 0.2) is 108 Å². The standard InChI is InChI=1S/C28H26O3/c1-3-9-19(10-4-1)17-29-27-21-13-7-8-14-22(21)28(30-18-20-11-5-2-6-12-20)24-16-26-25(31-26)15-23(24)27/h1-14,21-22,25-26H,15-18H2. The molecule has 1 saturated carbocycles. The first-order chi connectivity index (χ1) is 15.4. The lowest BCUT2D eigenvalue weighted by Crippen LogP contribution is -2.30. The summed E-state index contributed by atoms with van der Waals surface area (Å²) < 4.78 is 19.0. The van der Waals surface area contributed by atoms with Crippen molar-refractivity contribution in [3.05, 3.63) is 119 Å². The Hall–Kier alpha value is -3.04. The summed E-state index contributed by atoms with van der Waals surface area (Å²) in [6.45, 7) is 1.17. The van der Waals surface area contributed by atoms with Crippen molar-refractivity contribution in [2.75, 3.05) is 0 Å². The smallest absolute Gasteiger partial charge is 0.113 e. The lowest BCUT2D eigenvalue weighted by atomic mass is 9.72. The van der Waals surface area contributed by atoms with Gasteiger partial charge in [-0.2, -0.15) is 0 Å². The number of allylic oxidation sites excluding steroid dienone is 4. The van der Waals surface area contributed by atoms with Gasteiger partial charge in [0.2, 0.25) is 0 Å². The molecule has 0 N–H and O–H groups in total. The number of epoxide rings is 1. The first-order valence-electron chi connectivity index (χ1n) is 11.2. The third-order valence-corrected chi connectivity index (χ3v) is 6.67. The molecule has 4 aliphatic rings. The van der Waals surface area contributed by atoms with E-state index in [1.807, 2.05) is 12.1 Å². The fourth-order valence-electron chi connectivity index (χ4n) is 5.03. The van der Waals surface area contributed by atoms with Crippen molar-refractivity contribution in [3.8, 4) is 0 Å². The molecule has 156 valence electrons. The zero-order valence-electron chi connectivity index (χ0n) is 17.4. The van der Waals surface area contributed by atoms with Crippen molar-refractivity contribution < 1.29 is 14.2 Å². The predicted molar refractivity (Wildman–Crippen MR) is 120 cm³/mol. The topological polar surface area (TPSA) is 31.0 Å². The predicted octanol–water partition coefficient (Wildman–Crippen LogP) is 5.86. The number of hydrogen-bond donors (Lipinski definition) is 0. The van der Waals surface area contributed by atoms with E-state index in [1.54, 1.807) is 0 Å². The van der Waals surface area contributed by atoms with Crippen molar-refractivity contribution in [1.29, 1.82) is 0 Å². The number of hydrogen-bond acceptors (Lipinski definition) is 3. The molecule has 2 fully saturated rings. The number of ether oxygens (including phenoxy) is 3. The van der Waals surface area contributed by atoms with Gasteiger partial charge in [0.25, 0.3) is 0 Å². The molecule has 6 rings (SSSR count). The SMILES string of the molecule is C1=CC2C(OCc3ccccc3)=C3CC4OC4CC3=C(OCc3ccccc3)C2C=C1.